The van der Waals surface area contributed by atoms with Gasteiger partial charge in [0.15, 0.2) is 7.14 Å². The predicted octanol–water partition coefficient (Wildman–Crippen LogP) is 10.4. The average Bonchev–Trinajstić information content (AvgIpc) is 3.49. The van der Waals surface area contributed by atoms with Crippen molar-refractivity contribution in [2.75, 3.05) is 0 Å². The van der Waals surface area contributed by atoms with Crippen LogP contribution in [0.15, 0.2) is 138 Å². The maximum absolute atomic E-state index is 16.0. The van der Waals surface area contributed by atoms with Crippen molar-refractivity contribution in [3.05, 3.63) is 154 Å². The van der Waals surface area contributed by atoms with Gasteiger partial charge in [-0.1, -0.05) is 114 Å². The summed E-state index contributed by atoms with van der Waals surface area (Å²) in [6.07, 6.45) is 0. The number of hydrogen-bond donors (Lipinski definition) is 0. The molecule has 1 aromatic heterocycles. The Balaban J connectivity index is 1.67. The summed E-state index contributed by atoms with van der Waals surface area (Å²) in [5, 5.41) is 20.0. The van der Waals surface area contributed by atoms with E-state index in [0.717, 1.165) is 43.4 Å². The van der Waals surface area contributed by atoms with Crippen LogP contribution in [0.3, 0.4) is 0 Å². The summed E-state index contributed by atoms with van der Waals surface area (Å²) < 4.78 is 22.1. The number of fused-ring (bicyclic) bond motifs is 7. The minimum atomic E-state index is -4.05. The summed E-state index contributed by atoms with van der Waals surface area (Å²) in [7, 11) is -4.05. The number of nitro groups is 1. The van der Waals surface area contributed by atoms with Gasteiger partial charge >= 0.3 is 5.88 Å². The first-order valence-electron chi connectivity index (χ1n) is 14.5. The highest BCUT2D eigenvalue weighted by atomic mass is 35.5. The summed E-state index contributed by atoms with van der Waals surface area (Å²) in [4.78, 5) is 12.3. The highest BCUT2D eigenvalue weighted by Crippen LogP contribution is 2.52. The molecule has 46 heavy (non-hydrogen) atoms. The number of benzene rings is 7. The molecule has 0 bridgehead atoms. The normalized spacial score (nSPS) is 12.0. The van der Waals surface area contributed by atoms with Crippen LogP contribution in [0.5, 0.6) is 0 Å². The summed E-state index contributed by atoms with van der Waals surface area (Å²) >= 11 is 12.9. The van der Waals surface area contributed by atoms with Gasteiger partial charge in [-0.05, 0) is 80.5 Å². The lowest BCUT2D eigenvalue weighted by atomic mass is 9.89. The monoisotopic (exact) mass is 657 g/mol. The summed E-state index contributed by atoms with van der Waals surface area (Å²) in [5.74, 6) is -0.579. The molecule has 0 aliphatic carbocycles. The van der Waals surface area contributed by atoms with Crippen molar-refractivity contribution in [3.8, 4) is 11.1 Å². The summed E-state index contributed by atoms with van der Waals surface area (Å²) in [6.45, 7) is 0. The van der Waals surface area contributed by atoms with Crippen molar-refractivity contribution < 1.29 is 13.9 Å². The van der Waals surface area contributed by atoms with E-state index in [0.29, 0.717) is 26.0 Å². The topological polar surface area (TPSA) is 73.3 Å². The zero-order valence-electron chi connectivity index (χ0n) is 24.0. The second-order valence-electron chi connectivity index (χ2n) is 11.1. The van der Waals surface area contributed by atoms with E-state index in [1.807, 2.05) is 60.7 Å². The predicted molar refractivity (Wildman–Crippen MR) is 190 cm³/mol. The van der Waals surface area contributed by atoms with E-state index in [9.17, 15) is 10.1 Å². The fraction of sp³-hybridized carbons (Fsp3) is 0. The van der Waals surface area contributed by atoms with Crippen LogP contribution in [0.1, 0.15) is 0 Å². The first-order valence-corrected chi connectivity index (χ1v) is 17.0. The van der Waals surface area contributed by atoms with E-state index in [-0.39, 0.29) is 10.9 Å². The van der Waals surface area contributed by atoms with Crippen LogP contribution in [0.2, 0.25) is 10.0 Å². The van der Waals surface area contributed by atoms with Crippen LogP contribution >= 0.6 is 30.3 Å². The standard InChI is InChI=1S/C38H22Cl2NO4P/c39-26-11-6-13-28(21-26)46(44,29-14-7-12-27(40)22-29)37-36-33(45-38(37)41(42)43)19-18-31-32(23-8-2-1-3-9-23)20-25-17-16-24-10-4-5-15-30(24)34(25)35(31)36/h1-22H. The molecule has 0 saturated carbocycles. The van der Waals surface area contributed by atoms with Crippen LogP contribution in [-0.4, -0.2) is 4.92 Å². The van der Waals surface area contributed by atoms with Crippen LogP contribution in [-0.2, 0) is 4.57 Å². The molecule has 1 heterocycles. The number of halogens is 2. The number of nitrogens with zero attached hydrogens (tertiary/aromatic N) is 1. The SMILES string of the molecule is O=[N+]([O-])c1oc2ccc3c(-c4ccccc4)cc4ccc5ccccc5c4c3c2c1P(=O)(c1cccc(Cl)c1)c1cccc(Cl)c1. The zero-order valence-corrected chi connectivity index (χ0v) is 26.4. The molecule has 8 rings (SSSR count). The summed E-state index contributed by atoms with van der Waals surface area (Å²) in [6, 6.07) is 41.3. The van der Waals surface area contributed by atoms with Gasteiger partial charge in [0.2, 0.25) is 0 Å². The smallest absolute Gasteiger partial charge is 0.400 e. The fourth-order valence-electron chi connectivity index (χ4n) is 6.59. The van der Waals surface area contributed by atoms with E-state index < -0.39 is 17.9 Å². The molecular weight excluding hydrogens is 636 g/mol. The highest BCUT2D eigenvalue weighted by Gasteiger charge is 2.43. The quantitative estimate of drug-likeness (QED) is 0.0799. The van der Waals surface area contributed by atoms with Crippen LogP contribution in [0.4, 0.5) is 5.88 Å². The van der Waals surface area contributed by atoms with Crippen molar-refractivity contribution in [1.82, 2.24) is 0 Å². The average molecular weight is 658 g/mol. The third-order valence-electron chi connectivity index (χ3n) is 8.52. The van der Waals surface area contributed by atoms with Crippen molar-refractivity contribution in [2.45, 2.75) is 0 Å². The Morgan fingerprint density at radius 1 is 0.609 bits per heavy atom. The van der Waals surface area contributed by atoms with Crippen LogP contribution < -0.4 is 15.9 Å². The first kappa shape index (κ1) is 28.5. The van der Waals surface area contributed by atoms with Crippen LogP contribution in [0.25, 0.3) is 54.4 Å². The Hall–Kier alpha value is -4.93. The van der Waals surface area contributed by atoms with E-state index in [1.165, 1.54) is 0 Å². The van der Waals surface area contributed by atoms with Crippen LogP contribution in [0, 0.1) is 10.1 Å². The van der Waals surface area contributed by atoms with Gasteiger partial charge in [-0.15, -0.1) is 0 Å². The Morgan fingerprint density at radius 2 is 1.26 bits per heavy atom. The van der Waals surface area contributed by atoms with Gasteiger partial charge in [0.05, 0.1) is 0 Å². The molecule has 0 aliphatic heterocycles. The van der Waals surface area contributed by atoms with Crippen molar-refractivity contribution in [3.63, 3.8) is 0 Å². The molecule has 0 fully saturated rings. The van der Waals surface area contributed by atoms with Crippen molar-refractivity contribution in [1.29, 1.82) is 0 Å². The Kier molecular flexibility index (Phi) is 6.73. The molecule has 8 heteroatoms. The second kappa shape index (κ2) is 10.9. The van der Waals surface area contributed by atoms with Gasteiger partial charge in [0.25, 0.3) is 0 Å². The fourth-order valence-corrected chi connectivity index (χ4v) is 10.1. The lowest BCUT2D eigenvalue weighted by Crippen LogP contribution is -2.26. The molecule has 7 aromatic carbocycles. The molecule has 5 nitrogen and oxygen atoms in total. The third-order valence-corrected chi connectivity index (χ3v) is 12.0. The lowest BCUT2D eigenvalue weighted by molar-refractivity contribution is -0.400. The molecule has 0 N–H and O–H groups in total. The van der Waals surface area contributed by atoms with E-state index >= 15 is 4.57 Å². The summed E-state index contributed by atoms with van der Waals surface area (Å²) in [5.41, 5.74) is 2.18. The van der Waals surface area contributed by atoms with E-state index in [4.69, 9.17) is 27.6 Å². The third kappa shape index (κ3) is 4.35. The van der Waals surface area contributed by atoms with Gasteiger partial charge in [0.1, 0.15) is 15.8 Å². The molecule has 0 spiro atoms. The lowest BCUT2D eigenvalue weighted by Gasteiger charge is -2.20. The van der Waals surface area contributed by atoms with Gasteiger partial charge in [-0.3, -0.25) is 10.1 Å². The zero-order chi connectivity index (χ0) is 31.6. The second-order valence-corrected chi connectivity index (χ2v) is 14.7. The highest BCUT2D eigenvalue weighted by molar-refractivity contribution is 7.86. The largest absolute Gasteiger partial charge is 0.445 e. The molecule has 0 saturated heterocycles. The van der Waals surface area contributed by atoms with Crippen molar-refractivity contribution in [2.24, 2.45) is 0 Å². The Bertz CT molecular complexity index is 2530. The number of furan rings is 1. The molecular formula is C38H22Cl2NO4P. The number of hydrogen-bond acceptors (Lipinski definition) is 4. The molecule has 222 valence electrons. The number of rotatable bonds is 5. The molecule has 0 radical (unpaired) electrons. The van der Waals surface area contributed by atoms with Gasteiger partial charge in [-0.25, -0.2) is 0 Å². The van der Waals surface area contributed by atoms with Crippen molar-refractivity contribution >= 4 is 95.4 Å². The Morgan fingerprint density at radius 3 is 1.93 bits per heavy atom. The maximum atomic E-state index is 16.0. The maximum Gasteiger partial charge on any atom is 0.445 e. The molecule has 8 aromatic rings. The minimum Gasteiger partial charge on any atom is -0.400 e. The minimum absolute atomic E-state index is 0.00193. The van der Waals surface area contributed by atoms with E-state index in [1.54, 1.807) is 54.6 Å². The molecule has 0 amide bonds. The van der Waals surface area contributed by atoms with E-state index in [2.05, 4.69) is 18.2 Å². The Labute approximate surface area is 273 Å². The first-order chi connectivity index (χ1) is 22.3. The van der Waals surface area contributed by atoms with Gasteiger partial charge < -0.3 is 8.98 Å². The molecule has 0 unspecified atom stereocenters. The van der Waals surface area contributed by atoms with Gasteiger partial charge in [0, 0.05) is 31.4 Å². The molecule has 0 aliphatic rings. The van der Waals surface area contributed by atoms with Gasteiger partial charge in [-0.2, -0.15) is 0 Å². The molecule has 0 atom stereocenters.